The quantitative estimate of drug-likeness (QED) is 0.0503. The van der Waals surface area contributed by atoms with Crippen LogP contribution in [-0.4, -0.2) is 73.1 Å². The maximum absolute atomic E-state index is 11.7. The molecule has 10 heteroatoms. The predicted molar refractivity (Wildman–Crippen MR) is 237 cm³/mol. The molecule has 0 unspecified atom stereocenters. The average Bonchev–Trinajstić information content (AvgIpc) is 3.77. The van der Waals surface area contributed by atoms with E-state index < -0.39 is 6.10 Å². The predicted octanol–water partition coefficient (Wildman–Crippen LogP) is 8.22. The first-order valence-electron chi connectivity index (χ1n) is 21.6. The molecule has 10 rings (SSSR count). The molecule has 2 aliphatic heterocycles. The minimum Gasteiger partial charge on any atom is -0.507 e. The minimum absolute atomic E-state index is 0.0118. The topological polar surface area (TPSA) is 137 Å². The highest BCUT2D eigenvalue weighted by Gasteiger charge is 2.45. The lowest BCUT2D eigenvalue weighted by Gasteiger charge is -2.44. The van der Waals surface area contributed by atoms with Gasteiger partial charge in [0.2, 0.25) is 0 Å². The number of aliphatic hydroxyl groups is 1. The summed E-state index contributed by atoms with van der Waals surface area (Å²) in [5, 5.41) is 40.8. The number of fused-ring (bicyclic) bond motifs is 8. The van der Waals surface area contributed by atoms with E-state index in [9.17, 15) is 15.3 Å². The average molecular weight is 820 g/mol. The number of nitrogens with one attached hydrogen (secondary N) is 3. The van der Waals surface area contributed by atoms with Crippen LogP contribution in [0, 0.1) is 0 Å². The molecule has 10 nitrogen and oxygen atoms in total. The maximum Gasteiger partial charge on any atom is 0.160 e. The van der Waals surface area contributed by atoms with E-state index in [1.807, 2.05) is 31.4 Å². The largest absolute Gasteiger partial charge is 0.507 e. The Balaban J connectivity index is 1.11. The van der Waals surface area contributed by atoms with Crippen LogP contribution in [0.15, 0.2) is 96.7 Å². The molecule has 5 aromatic carbocycles. The fourth-order valence-electron chi connectivity index (χ4n) is 10.4. The number of phenols is 2. The summed E-state index contributed by atoms with van der Waals surface area (Å²) in [6.45, 7) is 1.78. The number of methoxy groups -OCH3 is 1. The highest BCUT2D eigenvalue weighted by molar-refractivity contribution is 5.90. The summed E-state index contributed by atoms with van der Waals surface area (Å²) in [6, 6.07) is 28.7. The molecule has 6 N–H and O–H groups in total. The number of ether oxygens (including phenoxy) is 4. The van der Waals surface area contributed by atoms with Crippen LogP contribution in [0.4, 0.5) is 0 Å². The number of H-pyrrole nitrogens is 1. The van der Waals surface area contributed by atoms with Gasteiger partial charge in [-0.2, -0.15) is 0 Å². The Morgan fingerprint density at radius 1 is 0.869 bits per heavy atom. The molecule has 2 aliphatic carbocycles. The Labute approximate surface area is 356 Å². The first-order valence-corrected chi connectivity index (χ1v) is 21.6. The SMILES string of the molecule is CNCO[C@@H]1Cc2c3c(c4c(c2O[C@@H]1c1ccc(O)c(OC)c1)CC[C@H](CO)O4)-c1ccc(O)c2c1[C@H](C3)[C@@H](c1ccc3[nH]ccc3c1)C(CNCCCc1ccccc1)=C2. The van der Waals surface area contributed by atoms with Crippen LogP contribution < -0.4 is 24.8 Å². The van der Waals surface area contributed by atoms with E-state index in [1.165, 1.54) is 16.7 Å². The van der Waals surface area contributed by atoms with Gasteiger partial charge < -0.3 is 44.6 Å². The van der Waals surface area contributed by atoms with Crippen LogP contribution in [0.3, 0.4) is 0 Å². The molecule has 0 radical (unpaired) electrons. The van der Waals surface area contributed by atoms with Crippen molar-refractivity contribution in [3.05, 3.63) is 141 Å². The van der Waals surface area contributed by atoms with E-state index in [-0.39, 0.29) is 42.1 Å². The number of aliphatic hydroxyl groups excluding tert-OH is 1. The summed E-state index contributed by atoms with van der Waals surface area (Å²) >= 11 is 0. The molecule has 314 valence electrons. The third-order valence-electron chi connectivity index (χ3n) is 13.3. The Kier molecular flexibility index (Phi) is 10.7. The van der Waals surface area contributed by atoms with Gasteiger partial charge >= 0.3 is 0 Å². The van der Waals surface area contributed by atoms with Crippen LogP contribution in [0.2, 0.25) is 0 Å². The number of phenolic OH excluding ortho intramolecular Hbond substituents is 2. The first kappa shape index (κ1) is 39.4. The first-order chi connectivity index (χ1) is 29.9. The van der Waals surface area contributed by atoms with Crippen molar-refractivity contribution in [2.75, 3.05) is 40.6 Å². The van der Waals surface area contributed by atoms with Crippen molar-refractivity contribution < 1.29 is 34.3 Å². The van der Waals surface area contributed by atoms with Gasteiger partial charge in [0.15, 0.2) is 17.6 Å². The highest BCUT2D eigenvalue weighted by Crippen LogP contribution is 2.60. The van der Waals surface area contributed by atoms with Crippen molar-refractivity contribution in [2.24, 2.45) is 0 Å². The van der Waals surface area contributed by atoms with Crippen molar-refractivity contribution in [2.45, 2.75) is 68.7 Å². The number of aromatic nitrogens is 1. The lowest BCUT2D eigenvalue weighted by molar-refractivity contribution is -0.0436. The summed E-state index contributed by atoms with van der Waals surface area (Å²) < 4.78 is 26.1. The van der Waals surface area contributed by atoms with Crippen LogP contribution in [0.1, 0.15) is 75.3 Å². The van der Waals surface area contributed by atoms with Gasteiger partial charge in [-0.05, 0) is 138 Å². The van der Waals surface area contributed by atoms with Crippen molar-refractivity contribution in [1.29, 1.82) is 0 Å². The Morgan fingerprint density at radius 2 is 1.72 bits per heavy atom. The van der Waals surface area contributed by atoms with Gasteiger partial charge in [-0.3, -0.25) is 5.32 Å². The summed E-state index contributed by atoms with van der Waals surface area (Å²) in [7, 11) is 3.41. The zero-order valence-electron chi connectivity index (χ0n) is 34.7. The smallest absolute Gasteiger partial charge is 0.160 e. The fourth-order valence-corrected chi connectivity index (χ4v) is 10.4. The van der Waals surface area contributed by atoms with Crippen molar-refractivity contribution in [1.82, 2.24) is 15.6 Å². The van der Waals surface area contributed by atoms with Gasteiger partial charge in [-0.25, -0.2) is 0 Å². The van der Waals surface area contributed by atoms with E-state index in [0.717, 1.165) is 86.3 Å². The molecule has 0 spiro atoms. The van der Waals surface area contributed by atoms with Gasteiger partial charge in [-0.15, -0.1) is 0 Å². The van der Waals surface area contributed by atoms with Gasteiger partial charge in [0.05, 0.1) is 20.4 Å². The van der Waals surface area contributed by atoms with Gasteiger partial charge in [0.25, 0.3) is 0 Å². The van der Waals surface area contributed by atoms with Crippen molar-refractivity contribution >= 4 is 17.0 Å². The maximum atomic E-state index is 11.7. The van der Waals surface area contributed by atoms with E-state index in [2.05, 4.69) is 82.4 Å². The lowest BCUT2D eigenvalue weighted by atomic mass is 9.63. The second-order valence-corrected chi connectivity index (χ2v) is 16.9. The van der Waals surface area contributed by atoms with Gasteiger partial charge in [0.1, 0.15) is 29.5 Å². The number of aryl methyl sites for hydroxylation is 1. The minimum atomic E-state index is -0.495. The summed E-state index contributed by atoms with van der Waals surface area (Å²) in [4.78, 5) is 3.38. The molecule has 6 aromatic rings. The summed E-state index contributed by atoms with van der Waals surface area (Å²) in [5.41, 5.74) is 13.1. The Morgan fingerprint density at radius 3 is 2.56 bits per heavy atom. The van der Waals surface area contributed by atoms with E-state index in [0.29, 0.717) is 44.7 Å². The Bertz CT molecular complexity index is 2620. The van der Waals surface area contributed by atoms with E-state index in [4.69, 9.17) is 18.9 Å². The molecule has 61 heavy (non-hydrogen) atoms. The third kappa shape index (κ3) is 7.11. The molecular formula is C51H53N3O7. The molecule has 0 bridgehead atoms. The van der Waals surface area contributed by atoms with E-state index in [1.54, 1.807) is 13.2 Å². The number of aromatic hydroxyl groups is 2. The normalized spacial score (nSPS) is 21.0. The molecule has 5 atom stereocenters. The summed E-state index contributed by atoms with van der Waals surface area (Å²) in [6.07, 6.45) is 7.62. The van der Waals surface area contributed by atoms with Gasteiger partial charge in [0, 0.05) is 52.9 Å². The van der Waals surface area contributed by atoms with Crippen LogP contribution in [0.25, 0.3) is 28.1 Å². The fraction of sp³-hybridized carbons (Fsp3) is 0.333. The van der Waals surface area contributed by atoms with Crippen LogP contribution in [0.5, 0.6) is 28.7 Å². The van der Waals surface area contributed by atoms with Crippen molar-refractivity contribution in [3.8, 4) is 39.9 Å². The van der Waals surface area contributed by atoms with Crippen LogP contribution in [-0.2, 0) is 30.4 Å². The second-order valence-electron chi connectivity index (χ2n) is 16.9. The second kappa shape index (κ2) is 16.6. The van der Waals surface area contributed by atoms with Gasteiger partial charge in [-0.1, -0.05) is 48.5 Å². The number of hydrogen-bond donors (Lipinski definition) is 6. The molecule has 0 amide bonds. The molecule has 0 fully saturated rings. The molecule has 1 aromatic heterocycles. The van der Waals surface area contributed by atoms with Crippen molar-refractivity contribution in [3.63, 3.8) is 0 Å². The zero-order valence-corrected chi connectivity index (χ0v) is 34.7. The number of benzene rings is 5. The number of hydrogen-bond acceptors (Lipinski definition) is 9. The monoisotopic (exact) mass is 819 g/mol. The molecule has 4 aliphatic rings. The standard InChI is InChI=1S/C51H53N3O7/c1-52-28-59-45-25-38-37-24-40-46(31-10-15-41-30(21-31)18-20-54-41)33(26-53-19-6-9-29-7-4-3-5-8-29)22-39-42(56)17-14-35(47(39)40)48(37)51-36(13-12-34(27-55)60-51)50(38)61-49(45)32-11-16-43(57)44(23-32)58-2/h3-5,7-8,10-11,14-18,20-23,34,40,45-46,49,52-57H,6,9,12-13,19,24-28H2,1-2H3/t34-,40-,45-,46+,49-/m1/s1. The molecule has 0 saturated heterocycles. The van der Waals surface area contributed by atoms with Crippen LogP contribution >= 0.6 is 0 Å². The number of rotatable bonds is 13. The zero-order chi connectivity index (χ0) is 41.6. The third-order valence-corrected chi connectivity index (χ3v) is 13.3. The Hall–Kier alpha value is -5.78. The molecular weight excluding hydrogens is 767 g/mol. The highest BCUT2D eigenvalue weighted by atomic mass is 16.6. The summed E-state index contributed by atoms with van der Waals surface area (Å²) in [5.74, 6) is 2.26. The number of aromatic amines is 1. The molecule has 3 heterocycles. The molecule has 0 saturated carbocycles. The van der Waals surface area contributed by atoms with E-state index >= 15 is 0 Å². The lowest BCUT2D eigenvalue weighted by Crippen LogP contribution is -2.38.